The van der Waals surface area contributed by atoms with Crippen LogP contribution < -0.4 is 0 Å². The first-order valence-corrected chi connectivity index (χ1v) is 8.19. The third kappa shape index (κ3) is 3.02. The summed E-state index contributed by atoms with van der Waals surface area (Å²) in [6, 6.07) is 6.84. The predicted molar refractivity (Wildman–Crippen MR) is 80.5 cm³/mol. The van der Waals surface area contributed by atoms with Gasteiger partial charge in [0.1, 0.15) is 6.10 Å². The molecule has 1 aromatic rings. The van der Waals surface area contributed by atoms with Gasteiger partial charge < -0.3 is 9.47 Å². The summed E-state index contributed by atoms with van der Waals surface area (Å²) in [5.74, 6) is -0.319. The number of ether oxygens (including phenoxy) is 2. The molecule has 2 saturated heterocycles. The minimum absolute atomic E-state index is 0.0330. The molecular formula is C15H16BrClO3. The number of rotatable bonds is 2. The molecule has 20 heavy (non-hydrogen) atoms. The van der Waals surface area contributed by atoms with Gasteiger partial charge in [-0.3, -0.25) is 0 Å². The van der Waals surface area contributed by atoms with Gasteiger partial charge in [-0.15, -0.1) is 0 Å². The van der Waals surface area contributed by atoms with E-state index in [-0.39, 0.29) is 24.3 Å². The molecule has 1 aromatic carbocycles. The standard InChI is InChI=1S/C15H16BrClO3/c16-11-4-5-13-14(7-6-12(11)19-13)20-15(18)9-2-1-3-10(17)8-9/h1-3,8,11-14H,4-7H2/t11-,12-,13-,14-/m1/s1. The normalized spacial score (nSPS) is 32.7. The van der Waals surface area contributed by atoms with Gasteiger partial charge in [0.05, 0.1) is 17.8 Å². The van der Waals surface area contributed by atoms with Gasteiger partial charge in [-0.25, -0.2) is 4.79 Å². The van der Waals surface area contributed by atoms with Gasteiger partial charge in [0.2, 0.25) is 0 Å². The third-order valence-electron chi connectivity index (χ3n) is 3.95. The van der Waals surface area contributed by atoms with Crippen molar-refractivity contribution < 1.29 is 14.3 Å². The lowest BCUT2D eigenvalue weighted by Crippen LogP contribution is -2.48. The van der Waals surface area contributed by atoms with E-state index < -0.39 is 0 Å². The number of hydrogen-bond donors (Lipinski definition) is 0. The number of halogens is 2. The summed E-state index contributed by atoms with van der Waals surface area (Å²) >= 11 is 9.54. The molecule has 3 rings (SSSR count). The average Bonchev–Trinajstić information content (AvgIpc) is 2.45. The number of carbonyl (C=O) groups is 1. The van der Waals surface area contributed by atoms with Gasteiger partial charge >= 0.3 is 5.97 Å². The van der Waals surface area contributed by atoms with Crippen molar-refractivity contribution in [1.82, 2.24) is 0 Å². The van der Waals surface area contributed by atoms with Gasteiger partial charge in [0.25, 0.3) is 0 Å². The highest BCUT2D eigenvalue weighted by Crippen LogP contribution is 2.36. The first-order valence-electron chi connectivity index (χ1n) is 6.89. The minimum Gasteiger partial charge on any atom is -0.456 e. The molecule has 2 aliphatic heterocycles. The summed E-state index contributed by atoms with van der Waals surface area (Å²) in [6.45, 7) is 0. The number of alkyl halides is 1. The third-order valence-corrected chi connectivity index (χ3v) is 5.23. The van der Waals surface area contributed by atoms with E-state index in [1.54, 1.807) is 24.3 Å². The van der Waals surface area contributed by atoms with Crippen LogP contribution in [0, 0.1) is 0 Å². The second-order valence-electron chi connectivity index (χ2n) is 5.34. The molecule has 108 valence electrons. The Balaban J connectivity index is 1.65. The maximum Gasteiger partial charge on any atom is 0.338 e. The van der Waals surface area contributed by atoms with Crippen LogP contribution in [0.25, 0.3) is 0 Å². The zero-order valence-electron chi connectivity index (χ0n) is 10.9. The molecule has 0 aromatic heterocycles. The molecular weight excluding hydrogens is 344 g/mol. The molecule has 2 fully saturated rings. The predicted octanol–water partition coefficient (Wildman–Crippen LogP) is 3.97. The van der Waals surface area contributed by atoms with E-state index in [9.17, 15) is 4.79 Å². The molecule has 3 nitrogen and oxygen atoms in total. The molecule has 0 spiro atoms. The van der Waals surface area contributed by atoms with Crippen molar-refractivity contribution in [2.75, 3.05) is 0 Å². The van der Waals surface area contributed by atoms with Crippen molar-refractivity contribution in [3.05, 3.63) is 34.9 Å². The molecule has 0 amide bonds. The monoisotopic (exact) mass is 358 g/mol. The molecule has 0 unspecified atom stereocenters. The van der Waals surface area contributed by atoms with Crippen molar-refractivity contribution in [3.63, 3.8) is 0 Å². The summed E-state index contributed by atoms with van der Waals surface area (Å²) < 4.78 is 11.6. The number of carbonyl (C=O) groups excluding carboxylic acids is 1. The second kappa shape index (κ2) is 6.04. The Morgan fingerprint density at radius 2 is 2.05 bits per heavy atom. The summed E-state index contributed by atoms with van der Waals surface area (Å²) in [6.07, 6.45) is 3.95. The fourth-order valence-corrected chi connectivity index (χ4v) is 3.72. The van der Waals surface area contributed by atoms with Gasteiger partial charge in [0.15, 0.2) is 0 Å². The van der Waals surface area contributed by atoms with Crippen LogP contribution in [0.15, 0.2) is 24.3 Å². The van der Waals surface area contributed by atoms with Crippen LogP contribution >= 0.6 is 27.5 Å². The molecule has 0 aliphatic carbocycles. The molecule has 0 radical (unpaired) electrons. The maximum absolute atomic E-state index is 12.1. The van der Waals surface area contributed by atoms with E-state index >= 15 is 0 Å². The first-order chi connectivity index (χ1) is 9.63. The molecule has 5 heteroatoms. The van der Waals surface area contributed by atoms with Crippen molar-refractivity contribution in [2.24, 2.45) is 0 Å². The Kier molecular flexibility index (Phi) is 4.34. The molecule has 4 atom stereocenters. The minimum atomic E-state index is -0.319. The van der Waals surface area contributed by atoms with Crippen LogP contribution in [0.3, 0.4) is 0 Å². The Labute approximate surface area is 131 Å². The maximum atomic E-state index is 12.1. The van der Waals surface area contributed by atoms with E-state index in [2.05, 4.69) is 15.9 Å². The number of fused-ring (bicyclic) bond motifs is 2. The van der Waals surface area contributed by atoms with E-state index in [4.69, 9.17) is 21.1 Å². The lowest BCUT2D eigenvalue weighted by Gasteiger charge is -2.42. The lowest BCUT2D eigenvalue weighted by molar-refractivity contribution is -0.141. The van der Waals surface area contributed by atoms with Crippen LogP contribution in [0.2, 0.25) is 5.02 Å². The number of benzene rings is 1. The molecule has 2 aliphatic rings. The SMILES string of the molecule is O=C(O[C@@H]1CC[C@H]2O[C@@H]1CC[C@H]2Br)c1cccc(Cl)c1. The van der Waals surface area contributed by atoms with Gasteiger partial charge in [0, 0.05) is 9.85 Å². The van der Waals surface area contributed by atoms with E-state index in [0.29, 0.717) is 15.4 Å². The van der Waals surface area contributed by atoms with Crippen LogP contribution in [-0.2, 0) is 9.47 Å². The Morgan fingerprint density at radius 1 is 1.25 bits per heavy atom. The topological polar surface area (TPSA) is 35.5 Å². The molecule has 2 bridgehead atoms. The Morgan fingerprint density at radius 3 is 2.85 bits per heavy atom. The van der Waals surface area contributed by atoms with Crippen LogP contribution in [0.5, 0.6) is 0 Å². The highest BCUT2D eigenvalue weighted by Gasteiger charge is 2.40. The van der Waals surface area contributed by atoms with E-state index in [1.165, 1.54) is 0 Å². The van der Waals surface area contributed by atoms with Crippen LogP contribution in [-0.4, -0.2) is 29.1 Å². The Hall–Kier alpha value is -0.580. The van der Waals surface area contributed by atoms with Crippen molar-refractivity contribution in [1.29, 1.82) is 0 Å². The molecule has 0 N–H and O–H groups in total. The fourth-order valence-electron chi connectivity index (χ4n) is 2.88. The highest BCUT2D eigenvalue weighted by atomic mass is 79.9. The highest BCUT2D eigenvalue weighted by molar-refractivity contribution is 9.09. The van der Waals surface area contributed by atoms with Crippen molar-refractivity contribution >= 4 is 33.5 Å². The lowest BCUT2D eigenvalue weighted by atomic mass is 9.89. The average molecular weight is 360 g/mol. The number of hydrogen-bond acceptors (Lipinski definition) is 3. The van der Waals surface area contributed by atoms with Gasteiger partial charge in [-0.2, -0.15) is 0 Å². The first kappa shape index (κ1) is 14.4. The van der Waals surface area contributed by atoms with E-state index in [0.717, 1.165) is 25.7 Å². The molecule has 2 heterocycles. The quantitative estimate of drug-likeness (QED) is 0.592. The van der Waals surface area contributed by atoms with Crippen molar-refractivity contribution in [3.8, 4) is 0 Å². The fraction of sp³-hybridized carbons (Fsp3) is 0.533. The zero-order chi connectivity index (χ0) is 14.1. The number of esters is 1. The zero-order valence-corrected chi connectivity index (χ0v) is 13.3. The van der Waals surface area contributed by atoms with Gasteiger partial charge in [-0.1, -0.05) is 33.6 Å². The summed E-state index contributed by atoms with van der Waals surface area (Å²) in [5.41, 5.74) is 0.494. The van der Waals surface area contributed by atoms with Crippen molar-refractivity contribution in [2.45, 2.75) is 48.8 Å². The summed E-state index contributed by atoms with van der Waals surface area (Å²) in [7, 11) is 0. The summed E-state index contributed by atoms with van der Waals surface area (Å²) in [5, 5.41) is 0.541. The summed E-state index contributed by atoms with van der Waals surface area (Å²) in [4.78, 5) is 12.6. The van der Waals surface area contributed by atoms with Crippen LogP contribution in [0.1, 0.15) is 36.0 Å². The Bertz CT molecular complexity index is 508. The van der Waals surface area contributed by atoms with E-state index in [1.807, 2.05) is 0 Å². The molecule has 0 saturated carbocycles. The largest absolute Gasteiger partial charge is 0.456 e. The van der Waals surface area contributed by atoms with Gasteiger partial charge in [-0.05, 0) is 43.9 Å². The second-order valence-corrected chi connectivity index (χ2v) is 6.95. The smallest absolute Gasteiger partial charge is 0.338 e. The van der Waals surface area contributed by atoms with Crippen LogP contribution in [0.4, 0.5) is 0 Å².